The summed E-state index contributed by atoms with van der Waals surface area (Å²) >= 11 is 12.3. The van der Waals surface area contributed by atoms with E-state index in [0.29, 0.717) is 6.54 Å². The highest BCUT2D eigenvalue weighted by molar-refractivity contribution is 7.11. The summed E-state index contributed by atoms with van der Waals surface area (Å²) in [5.74, 6) is -0.390. The average Bonchev–Trinajstić information content (AvgIpc) is 2.42. The number of hydrogen-bond donors (Lipinski definition) is 1. The third kappa shape index (κ3) is 3.12. The van der Waals surface area contributed by atoms with Crippen LogP contribution in [0.4, 0.5) is 0 Å². The molecule has 14 heavy (non-hydrogen) atoms. The second kappa shape index (κ2) is 4.96. The highest BCUT2D eigenvalue weighted by Gasteiger charge is 2.11. The third-order valence-electron chi connectivity index (χ3n) is 1.68. The van der Waals surface area contributed by atoms with Crippen LogP contribution in [-0.2, 0) is 11.3 Å². The summed E-state index contributed by atoms with van der Waals surface area (Å²) in [4.78, 5) is 15.4. The van der Waals surface area contributed by atoms with E-state index in [1.54, 1.807) is 11.3 Å². The van der Waals surface area contributed by atoms with Crippen molar-refractivity contribution in [3.8, 4) is 0 Å². The number of alkyl halides is 2. The minimum absolute atomic E-state index is 0.383. The van der Waals surface area contributed by atoms with E-state index in [2.05, 4.69) is 10.3 Å². The van der Waals surface area contributed by atoms with Gasteiger partial charge >= 0.3 is 0 Å². The molecule has 0 bridgehead atoms. The molecule has 1 aromatic heterocycles. The lowest BCUT2D eigenvalue weighted by molar-refractivity contribution is -0.119. The smallest absolute Gasteiger partial charge is 0.253 e. The number of halogens is 2. The van der Waals surface area contributed by atoms with Gasteiger partial charge in [-0.15, -0.1) is 11.3 Å². The van der Waals surface area contributed by atoms with E-state index in [1.165, 1.54) is 0 Å². The summed E-state index contributed by atoms with van der Waals surface area (Å²) in [5.41, 5.74) is 0.993. The lowest BCUT2D eigenvalue weighted by atomic mass is 10.4. The molecule has 0 fully saturated rings. The van der Waals surface area contributed by atoms with Gasteiger partial charge in [-0.05, 0) is 13.8 Å². The molecule has 1 rings (SSSR count). The molecule has 0 radical (unpaired) electrons. The van der Waals surface area contributed by atoms with Crippen LogP contribution in [0.15, 0.2) is 0 Å². The second-order valence-electron chi connectivity index (χ2n) is 2.77. The van der Waals surface area contributed by atoms with Crippen molar-refractivity contribution in [3.05, 3.63) is 15.6 Å². The summed E-state index contributed by atoms with van der Waals surface area (Å²) in [5, 5.41) is 3.45. The maximum atomic E-state index is 11.0. The quantitative estimate of drug-likeness (QED) is 0.839. The van der Waals surface area contributed by atoms with Crippen molar-refractivity contribution >= 4 is 40.4 Å². The largest absolute Gasteiger partial charge is 0.347 e. The van der Waals surface area contributed by atoms with Gasteiger partial charge in [-0.1, -0.05) is 23.2 Å². The minimum atomic E-state index is -1.02. The van der Waals surface area contributed by atoms with E-state index in [1.807, 2.05) is 13.8 Å². The topological polar surface area (TPSA) is 42.0 Å². The van der Waals surface area contributed by atoms with E-state index in [4.69, 9.17) is 23.2 Å². The number of rotatable bonds is 3. The minimum Gasteiger partial charge on any atom is -0.347 e. The van der Waals surface area contributed by atoms with Gasteiger partial charge in [-0.3, -0.25) is 4.79 Å². The molecule has 1 aromatic rings. The molecule has 1 N–H and O–H groups in total. The first-order valence-corrected chi connectivity index (χ1v) is 5.68. The van der Waals surface area contributed by atoms with Crippen molar-refractivity contribution in [2.24, 2.45) is 0 Å². The number of amides is 1. The lowest BCUT2D eigenvalue weighted by Crippen LogP contribution is -2.27. The number of hydrogen-bond acceptors (Lipinski definition) is 3. The van der Waals surface area contributed by atoms with Crippen LogP contribution in [0.5, 0.6) is 0 Å². The molecule has 0 aliphatic heterocycles. The molecule has 0 spiro atoms. The predicted molar refractivity (Wildman–Crippen MR) is 58.9 cm³/mol. The maximum Gasteiger partial charge on any atom is 0.253 e. The van der Waals surface area contributed by atoms with Crippen LogP contribution in [0.3, 0.4) is 0 Å². The Labute approximate surface area is 96.4 Å². The molecule has 0 aliphatic rings. The average molecular weight is 253 g/mol. The van der Waals surface area contributed by atoms with E-state index in [0.717, 1.165) is 15.6 Å². The fraction of sp³-hybridized carbons (Fsp3) is 0.500. The van der Waals surface area contributed by atoms with Crippen molar-refractivity contribution in [2.45, 2.75) is 25.2 Å². The van der Waals surface area contributed by atoms with Gasteiger partial charge in [-0.25, -0.2) is 4.98 Å². The van der Waals surface area contributed by atoms with Gasteiger partial charge in [0, 0.05) is 4.88 Å². The Bertz CT molecular complexity index is 319. The molecule has 0 aliphatic carbocycles. The Morgan fingerprint density at radius 3 is 2.64 bits per heavy atom. The molecule has 0 unspecified atom stereocenters. The van der Waals surface area contributed by atoms with Gasteiger partial charge in [0.2, 0.25) is 0 Å². The maximum absolute atomic E-state index is 11.0. The van der Waals surface area contributed by atoms with Gasteiger partial charge in [0.05, 0.1) is 12.2 Å². The van der Waals surface area contributed by atoms with Crippen molar-refractivity contribution in [3.63, 3.8) is 0 Å². The molecule has 0 saturated heterocycles. The van der Waals surface area contributed by atoms with Crippen molar-refractivity contribution in [1.82, 2.24) is 10.3 Å². The molecular formula is C8H10Cl2N2OS. The summed E-state index contributed by atoms with van der Waals surface area (Å²) < 4.78 is 0. The summed E-state index contributed by atoms with van der Waals surface area (Å²) in [6.45, 7) is 4.31. The normalized spacial score (nSPS) is 10.6. The molecule has 3 nitrogen and oxygen atoms in total. The highest BCUT2D eigenvalue weighted by atomic mass is 35.5. The van der Waals surface area contributed by atoms with Crippen LogP contribution in [0, 0.1) is 13.8 Å². The monoisotopic (exact) mass is 252 g/mol. The fourth-order valence-electron chi connectivity index (χ4n) is 0.855. The zero-order chi connectivity index (χ0) is 10.7. The number of nitrogens with one attached hydrogen (secondary N) is 1. The fourth-order valence-corrected chi connectivity index (χ4v) is 1.88. The van der Waals surface area contributed by atoms with Crippen molar-refractivity contribution in [1.29, 1.82) is 0 Å². The number of aromatic nitrogens is 1. The zero-order valence-electron chi connectivity index (χ0n) is 7.80. The van der Waals surface area contributed by atoms with E-state index < -0.39 is 4.84 Å². The van der Waals surface area contributed by atoms with E-state index in [9.17, 15) is 4.79 Å². The van der Waals surface area contributed by atoms with Crippen LogP contribution >= 0.6 is 34.5 Å². The Kier molecular flexibility index (Phi) is 4.16. The van der Waals surface area contributed by atoms with Gasteiger partial charge in [0.1, 0.15) is 5.01 Å². The second-order valence-corrected chi connectivity index (χ2v) is 5.15. The van der Waals surface area contributed by atoms with Gasteiger partial charge in [-0.2, -0.15) is 0 Å². The molecule has 0 saturated carbocycles. The Morgan fingerprint density at radius 1 is 1.57 bits per heavy atom. The van der Waals surface area contributed by atoms with E-state index in [-0.39, 0.29) is 5.91 Å². The number of carbonyl (C=O) groups excluding carboxylic acids is 1. The summed E-state index contributed by atoms with van der Waals surface area (Å²) in [7, 11) is 0. The van der Waals surface area contributed by atoms with Crippen LogP contribution in [-0.4, -0.2) is 15.7 Å². The Balaban J connectivity index is 2.50. The van der Waals surface area contributed by atoms with Gasteiger partial charge in [0.15, 0.2) is 4.84 Å². The van der Waals surface area contributed by atoms with Crippen LogP contribution in [0.25, 0.3) is 0 Å². The molecular weight excluding hydrogens is 243 g/mol. The predicted octanol–water partition coefficient (Wildman–Crippen LogP) is 2.18. The molecule has 1 amide bonds. The number of thiazole rings is 1. The van der Waals surface area contributed by atoms with Gasteiger partial charge in [0.25, 0.3) is 5.91 Å². The van der Waals surface area contributed by atoms with Crippen LogP contribution in [0.1, 0.15) is 15.6 Å². The SMILES string of the molecule is Cc1nc(CNC(=O)C(Cl)Cl)sc1C. The lowest BCUT2D eigenvalue weighted by Gasteiger charge is -2.01. The molecule has 0 atom stereocenters. The first-order chi connectivity index (χ1) is 6.50. The number of nitrogens with zero attached hydrogens (tertiary/aromatic N) is 1. The Morgan fingerprint density at radius 2 is 2.21 bits per heavy atom. The summed E-state index contributed by atoms with van der Waals surface area (Å²) in [6.07, 6.45) is 0. The Hall–Kier alpha value is -0.320. The zero-order valence-corrected chi connectivity index (χ0v) is 10.1. The first kappa shape index (κ1) is 11.8. The number of carbonyl (C=O) groups is 1. The standard InChI is InChI=1S/C8H10Cl2N2OS/c1-4-5(2)14-6(12-4)3-11-8(13)7(9)10/h7H,3H2,1-2H3,(H,11,13). The molecule has 0 aromatic carbocycles. The van der Waals surface area contributed by atoms with Gasteiger partial charge < -0.3 is 5.32 Å². The molecule has 6 heteroatoms. The highest BCUT2D eigenvalue weighted by Crippen LogP contribution is 2.16. The third-order valence-corrected chi connectivity index (χ3v) is 3.15. The first-order valence-electron chi connectivity index (χ1n) is 3.99. The summed E-state index contributed by atoms with van der Waals surface area (Å²) in [6, 6.07) is 0. The molecule has 78 valence electrons. The van der Waals surface area contributed by atoms with Crippen LogP contribution < -0.4 is 5.32 Å². The van der Waals surface area contributed by atoms with Crippen molar-refractivity contribution in [2.75, 3.05) is 0 Å². The molecule has 1 heterocycles. The van der Waals surface area contributed by atoms with Crippen molar-refractivity contribution < 1.29 is 4.79 Å². The van der Waals surface area contributed by atoms with Crippen LogP contribution in [0.2, 0.25) is 0 Å². The van der Waals surface area contributed by atoms with E-state index >= 15 is 0 Å². The number of aryl methyl sites for hydroxylation is 2.